The van der Waals surface area contributed by atoms with Crippen molar-refractivity contribution in [2.24, 2.45) is 0 Å². The van der Waals surface area contributed by atoms with E-state index in [1.807, 2.05) is 29.2 Å². The van der Waals surface area contributed by atoms with Gasteiger partial charge in [0.05, 0.1) is 18.8 Å². The zero-order valence-electron chi connectivity index (χ0n) is 16.5. The van der Waals surface area contributed by atoms with Crippen LogP contribution in [0.2, 0.25) is 0 Å². The maximum atomic E-state index is 12.9. The van der Waals surface area contributed by atoms with Gasteiger partial charge in [-0.1, -0.05) is 24.3 Å². The lowest BCUT2D eigenvalue weighted by Crippen LogP contribution is -2.49. The molecule has 0 radical (unpaired) electrons. The van der Waals surface area contributed by atoms with Crippen molar-refractivity contribution in [3.63, 3.8) is 0 Å². The number of carbonyl (C=O) groups is 1. The standard InChI is InChI=1S/C20H31N3O4S/c1-28(26,27)21-13-17-7-5-16(6-8-17)12-20(25)23-10-3-2-4-18(23)14-22-11-9-19(24)15-22/h5-8,18-19,21,24H,2-4,9-15H2,1H3/t18-,19-/m0/s1. The number of aliphatic hydroxyl groups is 1. The molecular formula is C20H31N3O4S. The monoisotopic (exact) mass is 409 g/mol. The summed E-state index contributed by atoms with van der Waals surface area (Å²) < 4.78 is 24.8. The third-order valence-electron chi connectivity index (χ3n) is 5.58. The highest BCUT2D eigenvalue weighted by Gasteiger charge is 2.30. The van der Waals surface area contributed by atoms with E-state index in [4.69, 9.17) is 0 Å². The van der Waals surface area contributed by atoms with Crippen molar-refractivity contribution in [2.75, 3.05) is 32.4 Å². The quantitative estimate of drug-likeness (QED) is 0.693. The van der Waals surface area contributed by atoms with Crippen LogP contribution in [0.4, 0.5) is 0 Å². The molecule has 28 heavy (non-hydrogen) atoms. The topological polar surface area (TPSA) is 90.0 Å². The van der Waals surface area contributed by atoms with Crippen LogP contribution in [0, 0.1) is 0 Å². The van der Waals surface area contributed by atoms with Crippen molar-refractivity contribution in [1.82, 2.24) is 14.5 Å². The fourth-order valence-electron chi connectivity index (χ4n) is 4.06. The summed E-state index contributed by atoms with van der Waals surface area (Å²) in [5.74, 6) is 0.145. The molecule has 7 nitrogen and oxygen atoms in total. The Kier molecular flexibility index (Phi) is 7.09. The highest BCUT2D eigenvalue weighted by Crippen LogP contribution is 2.21. The molecule has 2 N–H and O–H groups in total. The Morgan fingerprint density at radius 2 is 1.86 bits per heavy atom. The van der Waals surface area contributed by atoms with Crippen LogP contribution >= 0.6 is 0 Å². The number of sulfonamides is 1. The Labute approximate surface area is 167 Å². The molecule has 2 fully saturated rings. The van der Waals surface area contributed by atoms with E-state index in [0.29, 0.717) is 13.0 Å². The Bertz CT molecular complexity index is 766. The molecule has 0 aromatic heterocycles. The number of aliphatic hydroxyl groups excluding tert-OH is 1. The number of nitrogens with zero attached hydrogens (tertiary/aromatic N) is 2. The first-order valence-electron chi connectivity index (χ1n) is 10.0. The Morgan fingerprint density at radius 1 is 1.14 bits per heavy atom. The van der Waals surface area contributed by atoms with E-state index in [1.54, 1.807) is 0 Å². The SMILES string of the molecule is CS(=O)(=O)NCc1ccc(CC(=O)N2CCCC[C@H]2CN2CC[C@H](O)C2)cc1. The number of likely N-dealkylation sites (tertiary alicyclic amines) is 2. The van der Waals surface area contributed by atoms with E-state index in [0.717, 1.165) is 62.7 Å². The first-order valence-corrected chi connectivity index (χ1v) is 11.9. The molecule has 8 heteroatoms. The Hall–Kier alpha value is -1.48. The molecule has 2 aliphatic rings. The number of carbonyl (C=O) groups excluding carboxylic acids is 1. The summed E-state index contributed by atoms with van der Waals surface area (Å²) in [4.78, 5) is 17.2. The number of piperidine rings is 1. The average molecular weight is 410 g/mol. The van der Waals surface area contributed by atoms with Crippen molar-refractivity contribution >= 4 is 15.9 Å². The van der Waals surface area contributed by atoms with E-state index < -0.39 is 10.0 Å². The van der Waals surface area contributed by atoms with Gasteiger partial charge in [0.25, 0.3) is 0 Å². The third kappa shape index (κ3) is 6.27. The lowest BCUT2D eigenvalue weighted by atomic mass is 10.00. The lowest BCUT2D eigenvalue weighted by molar-refractivity contribution is -0.134. The third-order valence-corrected chi connectivity index (χ3v) is 6.25. The first kappa shape index (κ1) is 21.2. The summed E-state index contributed by atoms with van der Waals surface area (Å²) in [6.45, 7) is 3.52. The molecular weight excluding hydrogens is 378 g/mol. The largest absolute Gasteiger partial charge is 0.392 e. The van der Waals surface area contributed by atoms with Crippen molar-refractivity contribution in [3.05, 3.63) is 35.4 Å². The fraction of sp³-hybridized carbons (Fsp3) is 0.650. The van der Waals surface area contributed by atoms with Crippen LogP contribution in [0.25, 0.3) is 0 Å². The van der Waals surface area contributed by atoms with Gasteiger partial charge in [-0.05, 0) is 36.8 Å². The zero-order valence-corrected chi connectivity index (χ0v) is 17.3. The van der Waals surface area contributed by atoms with Crippen molar-refractivity contribution in [3.8, 4) is 0 Å². The molecule has 1 aromatic rings. The van der Waals surface area contributed by atoms with Gasteiger partial charge in [-0.25, -0.2) is 13.1 Å². The molecule has 156 valence electrons. The summed E-state index contributed by atoms with van der Waals surface area (Å²) in [6.07, 6.45) is 5.30. The molecule has 1 aromatic carbocycles. The van der Waals surface area contributed by atoms with E-state index in [1.165, 1.54) is 0 Å². The van der Waals surface area contributed by atoms with Crippen LogP contribution in [0.1, 0.15) is 36.8 Å². The van der Waals surface area contributed by atoms with E-state index >= 15 is 0 Å². The molecule has 0 spiro atoms. The smallest absolute Gasteiger partial charge is 0.227 e. The minimum Gasteiger partial charge on any atom is -0.392 e. The summed E-state index contributed by atoms with van der Waals surface area (Å²) in [5, 5.41) is 9.74. The number of hydrogen-bond acceptors (Lipinski definition) is 5. The zero-order chi connectivity index (χ0) is 20.1. The van der Waals surface area contributed by atoms with Crippen LogP contribution in [-0.2, 0) is 27.8 Å². The van der Waals surface area contributed by atoms with Crippen molar-refractivity contribution in [2.45, 2.75) is 50.8 Å². The van der Waals surface area contributed by atoms with Gasteiger partial charge in [0, 0.05) is 38.8 Å². The van der Waals surface area contributed by atoms with Gasteiger partial charge in [0.15, 0.2) is 0 Å². The molecule has 2 atom stereocenters. The maximum absolute atomic E-state index is 12.9. The summed E-state index contributed by atoms with van der Waals surface area (Å²) in [5.41, 5.74) is 1.80. The van der Waals surface area contributed by atoms with Crippen LogP contribution in [0.15, 0.2) is 24.3 Å². The Balaban J connectivity index is 1.56. The van der Waals surface area contributed by atoms with Gasteiger partial charge in [-0.2, -0.15) is 0 Å². The van der Waals surface area contributed by atoms with Gasteiger partial charge < -0.3 is 10.0 Å². The predicted octanol–water partition coefficient (Wildman–Crippen LogP) is 0.726. The van der Waals surface area contributed by atoms with E-state index in [2.05, 4.69) is 9.62 Å². The normalized spacial score (nSPS) is 23.9. The second-order valence-corrected chi connectivity index (χ2v) is 9.86. The average Bonchev–Trinajstić information content (AvgIpc) is 3.05. The predicted molar refractivity (Wildman–Crippen MR) is 108 cm³/mol. The molecule has 2 saturated heterocycles. The number of nitrogens with one attached hydrogen (secondary N) is 1. The fourth-order valence-corrected chi connectivity index (χ4v) is 4.49. The summed E-state index contributed by atoms with van der Waals surface area (Å²) >= 11 is 0. The van der Waals surface area contributed by atoms with Gasteiger partial charge in [-0.3, -0.25) is 9.69 Å². The number of rotatable bonds is 7. The Morgan fingerprint density at radius 3 is 2.50 bits per heavy atom. The minimum atomic E-state index is -3.22. The number of amides is 1. The van der Waals surface area contributed by atoms with Crippen LogP contribution in [0.3, 0.4) is 0 Å². The number of hydrogen-bond donors (Lipinski definition) is 2. The molecule has 3 rings (SSSR count). The summed E-state index contributed by atoms with van der Waals surface area (Å²) in [6, 6.07) is 7.74. The number of β-amino-alcohol motifs (C(OH)–C–C–N with tert-alkyl or cyclic N) is 1. The molecule has 0 unspecified atom stereocenters. The highest BCUT2D eigenvalue weighted by atomic mass is 32.2. The first-order chi connectivity index (χ1) is 13.3. The van der Waals surface area contributed by atoms with Crippen molar-refractivity contribution < 1.29 is 18.3 Å². The minimum absolute atomic E-state index is 0.145. The second kappa shape index (κ2) is 9.35. The van der Waals surface area contributed by atoms with Crippen LogP contribution in [0.5, 0.6) is 0 Å². The van der Waals surface area contributed by atoms with Gasteiger partial charge in [0.1, 0.15) is 0 Å². The molecule has 2 heterocycles. The van der Waals surface area contributed by atoms with Gasteiger partial charge >= 0.3 is 0 Å². The van der Waals surface area contributed by atoms with Crippen molar-refractivity contribution in [1.29, 1.82) is 0 Å². The molecule has 0 aliphatic carbocycles. The van der Waals surface area contributed by atoms with E-state index in [-0.39, 0.29) is 24.6 Å². The van der Waals surface area contributed by atoms with Gasteiger partial charge in [0.2, 0.25) is 15.9 Å². The molecule has 0 saturated carbocycles. The molecule has 0 bridgehead atoms. The molecule has 2 aliphatic heterocycles. The number of benzene rings is 1. The van der Waals surface area contributed by atoms with E-state index in [9.17, 15) is 18.3 Å². The maximum Gasteiger partial charge on any atom is 0.227 e. The van der Waals surface area contributed by atoms with Crippen LogP contribution < -0.4 is 4.72 Å². The van der Waals surface area contributed by atoms with Crippen LogP contribution in [-0.4, -0.2) is 73.8 Å². The lowest BCUT2D eigenvalue weighted by Gasteiger charge is -2.38. The molecule has 1 amide bonds. The summed E-state index contributed by atoms with van der Waals surface area (Å²) in [7, 11) is -3.22. The highest BCUT2D eigenvalue weighted by molar-refractivity contribution is 7.88. The van der Waals surface area contributed by atoms with Gasteiger partial charge in [-0.15, -0.1) is 0 Å². The second-order valence-electron chi connectivity index (χ2n) is 8.03.